The van der Waals surface area contributed by atoms with Gasteiger partial charge in [-0.15, -0.1) is 12.6 Å². The number of rotatable bonds is 8. The van der Waals surface area contributed by atoms with Crippen LogP contribution in [0.3, 0.4) is 0 Å². The molecule has 0 unspecified atom stereocenters. The molecule has 0 amide bonds. The smallest absolute Gasteiger partial charge is 0.148 e. The number of nitrogens with zero attached hydrogens (tertiary/aromatic N) is 3. The van der Waals surface area contributed by atoms with Crippen molar-refractivity contribution in [3.05, 3.63) is 29.6 Å². The molecule has 0 aromatic carbocycles. The van der Waals surface area contributed by atoms with Crippen molar-refractivity contribution in [1.29, 1.82) is 0 Å². The number of anilines is 2. The van der Waals surface area contributed by atoms with E-state index < -0.39 is 0 Å². The van der Waals surface area contributed by atoms with Crippen LogP contribution >= 0.6 is 12.6 Å². The number of nitrogens with one attached hydrogen (secondary N) is 3. The summed E-state index contributed by atoms with van der Waals surface area (Å²) in [7, 11) is 1.94. The van der Waals surface area contributed by atoms with Crippen molar-refractivity contribution in [1.82, 2.24) is 20.1 Å². The van der Waals surface area contributed by atoms with Crippen molar-refractivity contribution < 1.29 is 4.74 Å². The van der Waals surface area contributed by atoms with Gasteiger partial charge in [0.1, 0.15) is 11.6 Å². The molecule has 0 atom stereocenters. The van der Waals surface area contributed by atoms with E-state index in [0.717, 1.165) is 61.4 Å². The predicted molar refractivity (Wildman–Crippen MR) is 121 cm³/mol. The molecule has 1 aliphatic heterocycles. The zero-order valence-corrected chi connectivity index (χ0v) is 18.9. The minimum atomic E-state index is -0.0188. The first-order valence-electron chi connectivity index (χ1n) is 10.4. The largest absolute Gasteiger partial charge is 0.381 e. The molecule has 29 heavy (non-hydrogen) atoms. The van der Waals surface area contributed by atoms with Gasteiger partial charge < -0.3 is 20.7 Å². The third-order valence-corrected chi connectivity index (χ3v) is 5.24. The van der Waals surface area contributed by atoms with Gasteiger partial charge in [0, 0.05) is 54.4 Å². The summed E-state index contributed by atoms with van der Waals surface area (Å²) in [5, 5.41) is 14.9. The lowest BCUT2D eigenvalue weighted by molar-refractivity contribution is 0.0904. The van der Waals surface area contributed by atoms with Crippen LogP contribution in [0.15, 0.2) is 23.1 Å². The van der Waals surface area contributed by atoms with Gasteiger partial charge in [-0.3, -0.25) is 4.68 Å². The zero-order chi connectivity index (χ0) is 20.9. The molecule has 7 nitrogen and oxygen atoms in total. The molecule has 3 rings (SSSR count). The molecule has 8 heteroatoms. The van der Waals surface area contributed by atoms with Crippen LogP contribution in [-0.2, 0) is 16.7 Å². The molecule has 2 aromatic rings. The maximum Gasteiger partial charge on any atom is 0.148 e. The first-order chi connectivity index (χ1) is 13.8. The quantitative estimate of drug-likeness (QED) is 0.390. The average Bonchev–Trinajstić information content (AvgIpc) is 3.05. The molecule has 0 radical (unpaired) electrons. The van der Waals surface area contributed by atoms with Crippen molar-refractivity contribution in [3.63, 3.8) is 0 Å². The highest BCUT2D eigenvalue weighted by Gasteiger charge is 2.23. The van der Waals surface area contributed by atoms with Crippen molar-refractivity contribution in [2.24, 2.45) is 0 Å². The minimum Gasteiger partial charge on any atom is -0.381 e. The van der Waals surface area contributed by atoms with Gasteiger partial charge in [-0.2, -0.15) is 5.10 Å². The van der Waals surface area contributed by atoms with Gasteiger partial charge >= 0.3 is 0 Å². The Morgan fingerprint density at radius 3 is 2.59 bits per heavy atom. The van der Waals surface area contributed by atoms with Gasteiger partial charge in [-0.25, -0.2) is 4.98 Å². The summed E-state index contributed by atoms with van der Waals surface area (Å²) >= 11 is 4.56. The number of likely N-dealkylation sites (N-methyl/N-ethyl adjacent to an activating group) is 1. The fourth-order valence-corrected chi connectivity index (χ4v) is 3.75. The lowest BCUT2D eigenvalue weighted by Gasteiger charge is -2.22. The summed E-state index contributed by atoms with van der Waals surface area (Å²) in [6.45, 7) is 10.6. The Bertz CT molecular complexity index is 795. The molecular weight excluding hydrogens is 384 g/mol. The van der Waals surface area contributed by atoms with Crippen molar-refractivity contribution in [3.8, 4) is 0 Å². The monoisotopic (exact) mass is 418 g/mol. The SMILES string of the molecule is CNCCNc1cc(S)cc(Cn2nc(NC3CCOCC3)cc2C(C)(C)C)n1. The molecule has 0 spiro atoms. The van der Waals surface area contributed by atoms with E-state index in [2.05, 4.69) is 60.1 Å². The molecular formula is C21H34N6OS. The Hall–Kier alpha value is -1.77. The number of pyridine rings is 1. The van der Waals surface area contributed by atoms with Crippen LogP contribution < -0.4 is 16.0 Å². The third-order valence-electron chi connectivity index (χ3n) is 4.98. The van der Waals surface area contributed by atoms with Crippen molar-refractivity contribution in [2.75, 3.05) is 44.0 Å². The molecule has 0 aliphatic carbocycles. The highest BCUT2D eigenvalue weighted by Crippen LogP contribution is 2.27. The fraction of sp³-hybridized carbons (Fsp3) is 0.619. The summed E-state index contributed by atoms with van der Waals surface area (Å²) < 4.78 is 7.53. The highest BCUT2D eigenvalue weighted by atomic mass is 32.1. The van der Waals surface area contributed by atoms with Crippen LogP contribution in [0, 0.1) is 0 Å². The van der Waals surface area contributed by atoms with E-state index in [1.807, 2.05) is 19.2 Å². The van der Waals surface area contributed by atoms with Crippen molar-refractivity contribution >= 4 is 24.3 Å². The molecule has 1 saturated heterocycles. The molecule has 1 fully saturated rings. The summed E-state index contributed by atoms with van der Waals surface area (Å²) in [6, 6.07) is 6.55. The Morgan fingerprint density at radius 1 is 1.14 bits per heavy atom. The van der Waals surface area contributed by atoms with Crippen LogP contribution in [0.2, 0.25) is 0 Å². The van der Waals surface area contributed by atoms with E-state index in [4.69, 9.17) is 14.8 Å². The lowest BCUT2D eigenvalue weighted by atomic mass is 9.92. The van der Waals surface area contributed by atoms with E-state index in [-0.39, 0.29) is 5.41 Å². The van der Waals surface area contributed by atoms with Crippen LogP contribution in [0.1, 0.15) is 45.0 Å². The van der Waals surface area contributed by atoms with Crippen LogP contribution in [0.25, 0.3) is 0 Å². The second kappa shape index (κ2) is 9.82. The van der Waals surface area contributed by atoms with Crippen LogP contribution in [0.4, 0.5) is 11.6 Å². The normalized spacial score (nSPS) is 15.5. The molecule has 0 bridgehead atoms. The van der Waals surface area contributed by atoms with E-state index in [1.165, 1.54) is 5.69 Å². The lowest BCUT2D eigenvalue weighted by Crippen LogP contribution is -2.28. The van der Waals surface area contributed by atoms with Crippen LogP contribution in [0.5, 0.6) is 0 Å². The standard InChI is InChI=1S/C21H34N6OS/c1-21(2,3)18-13-20(24-15-5-9-28-10-6-15)26-27(18)14-16-11-17(29)12-19(25-16)23-8-7-22-4/h11-13,15,22H,5-10,14H2,1-4H3,(H,24,26)(H2,23,25,29). The van der Waals surface area contributed by atoms with Gasteiger partial charge in [0.15, 0.2) is 0 Å². The molecule has 3 N–H and O–H groups in total. The summed E-state index contributed by atoms with van der Waals surface area (Å²) in [4.78, 5) is 5.66. The van der Waals surface area contributed by atoms with E-state index in [1.54, 1.807) is 0 Å². The number of hydrogen-bond acceptors (Lipinski definition) is 7. The van der Waals surface area contributed by atoms with Gasteiger partial charge in [0.05, 0.1) is 12.2 Å². The van der Waals surface area contributed by atoms with Crippen LogP contribution in [-0.4, -0.2) is 54.2 Å². The first-order valence-corrected chi connectivity index (χ1v) is 10.8. The molecule has 1 aliphatic rings. The Labute approximate surface area is 179 Å². The number of hydrogen-bond donors (Lipinski definition) is 4. The Morgan fingerprint density at radius 2 is 1.90 bits per heavy atom. The van der Waals surface area contributed by atoms with Gasteiger partial charge in [-0.05, 0) is 32.0 Å². The molecule has 160 valence electrons. The second-order valence-electron chi connectivity index (χ2n) is 8.59. The number of thiol groups is 1. The molecule has 0 saturated carbocycles. The first kappa shape index (κ1) is 21.9. The van der Waals surface area contributed by atoms with Gasteiger partial charge in [0.2, 0.25) is 0 Å². The number of ether oxygens (including phenoxy) is 1. The second-order valence-corrected chi connectivity index (χ2v) is 9.10. The van der Waals surface area contributed by atoms with Crippen molar-refractivity contribution in [2.45, 2.75) is 56.5 Å². The minimum absolute atomic E-state index is 0.0188. The third kappa shape index (κ3) is 6.35. The van der Waals surface area contributed by atoms with E-state index in [0.29, 0.717) is 12.6 Å². The summed E-state index contributed by atoms with van der Waals surface area (Å²) in [5.41, 5.74) is 2.11. The maximum atomic E-state index is 5.47. The van der Waals surface area contributed by atoms with E-state index in [9.17, 15) is 0 Å². The van der Waals surface area contributed by atoms with Gasteiger partial charge in [-0.1, -0.05) is 20.8 Å². The molecule has 3 heterocycles. The Kier molecular flexibility index (Phi) is 7.43. The fourth-order valence-electron chi connectivity index (χ4n) is 3.47. The Balaban J connectivity index is 1.80. The summed E-state index contributed by atoms with van der Waals surface area (Å²) in [5.74, 6) is 1.77. The predicted octanol–water partition coefficient (Wildman–Crippen LogP) is 3.13. The summed E-state index contributed by atoms with van der Waals surface area (Å²) in [6.07, 6.45) is 2.03. The molecule has 2 aromatic heterocycles. The van der Waals surface area contributed by atoms with Gasteiger partial charge in [0.25, 0.3) is 0 Å². The topological polar surface area (TPSA) is 76.0 Å². The highest BCUT2D eigenvalue weighted by molar-refractivity contribution is 7.80. The van der Waals surface area contributed by atoms with E-state index >= 15 is 0 Å². The average molecular weight is 419 g/mol. The number of aromatic nitrogens is 3. The maximum absolute atomic E-state index is 5.47. The zero-order valence-electron chi connectivity index (χ0n) is 18.0.